The highest BCUT2D eigenvalue weighted by molar-refractivity contribution is 7.89. The van der Waals surface area contributed by atoms with Crippen molar-refractivity contribution in [1.29, 1.82) is 0 Å². The first-order chi connectivity index (χ1) is 19.1. The van der Waals surface area contributed by atoms with Crippen molar-refractivity contribution in [3.63, 3.8) is 0 Å². The van der Waals surface area contributed by atoms with Crippen LogP contribution in [-0.4, -0.2) is 56.4 Å². The number of aliphatic carboxylic acids is 1. The number of aromatic nitrogens is 4. The van der Waals surface area contributed by atoms with E-state index in [9.17, 15) is 18.3 Å². The average molecular weight is 564 g/mol. The van der Waals surface area contributed by atoms with E-state index in [4.69, 9.17) is 4.74 Å². The van der Waals surface area contributed by atoms with E-state index >= 15 is 0 Å². The SMILES string of the molecule is CC[C@@H]1CN(Cc2cc(C(CC(=O)O)c3ccc4c(nnn4CC)c3C)ccc2C)S(=O)(=O)c2cccnc2O1. The molecule has 1 N–H and O–H groups in total. The van der Waals surface area contributed by atoms with Gasteiger partial charge in [0, 0.05) is 25.2 Å². The molecule has 2 aromatic heterocycles. The topological polar surface area (TPSA) is 128 Å². The first-order valence-corrected chi connectivity index (χ1v) is 14.8. The van der Waals surface area contributed by atoms with Gasteiger partial charge in [0.1, 0.15) is 16.5 Å². The number of pyridine rings is 1. The first-order valence-electron chi connectivity index (χ1n) is 13.4. The lowest BCUT2D eigenvalue weighted by atomic mass is 9.84. The van der Waals surface area contributed by atoms with E-state index in [1.807, 2.05) is 62.7 Å². The van der Waals surface area contributed by atoms with Gasteiger partial charge in [-0.3, -0.25) is 4.79 Å². The molecule has 0 saturated carbocycles. The van der Waals surface area contributed by atoms with Crippen molar-refractivity contribution in [2.45, 2.75) is 70.5 Å². The van der Waals surface area contributed by atoms with Crippen molar-refractivity contribution >= 4 is 27.0 Å². The van der Waals surface area contributed by atoms with Crippen LogP contribution in [0, 0.1) is 13.8 Å². The van der Waals surface area contributed by atoms with Crippen LogP contribution in [0.25, 0.3) is 11.0 Å². The summed E-state index contributed by atoms with van der Waals surface area (Å²) in [5, 5.41) is 18.4. The first kappa shape index (κ1) is 27.7. The molecule has 210 valence electrons. The zero-order valence-electron chi connectivity index (χ0n) is 23.0. The molecular weight excluding hydrogens is 530 g/mol. The van der Waals surface area contributed by atoms with Gasteiger partial charge in [-0.05, 0) is 73.2 Å². The van der Waals surface area contributed by atoms with Crippen molar-refractivity contribution in [2.24, 2.45) is 0 Å². The van der Waals surface area contributed by atoms with Gasteiger partial charge in [0.2, 0.25) is 15.9 Å². The minimum atomic E-state index is -3.88. The Morgan fingerprint density at radius 2 is 1.98 bits per heavy atom. The second-order valence-corrected chi connectivity index (χ2v) is 12.0. The highest BCUT2D eigenvalue weighted by atomic mass is 32.2. The van der Waals surface area contributed by atoms with E-state index in [1.165, 1.54) is 16.6 Å². The predicted molar refractivity (Wildman–Crippen MR) is 150 cm³/mol. The number of sulfonamides is 1. The molecule has 2 atom stereocenters. The van der Waals surface area contributed by atoms with Crippen LogP contribution < -0.4 is 4.74 Å². The van der Waals surface area contributed by atoms with Crippen molar-refractivity contribution in [3.05, 3.63) is 76.5 Å². The Balaban J connectivity index is 1.56. The van der Waals surface area contributed by atoms with Gasteiger partial charge in [0.25, 0.3) is 0 Å². The lowest BCUT2D eigenvalue weighted by molar-refractivity contribution is -0.137. The fourth-order valence-corrected chi connectivity index (χ4v) is 6.85. The van der Waals surface area contributed by atoms with Gasteiger partial charge in [0.15, 0.2) is 0 Å². The van der Waals surface area contributed by atoms with E-state index in [2.05, 4.69) is 15.3 Å². The molecule has 5 rings (SSSR count). The van der Waals surface area contributed by atoms with Crippen molar-refractivity contribution < 1.29 is 23.1 Å². The maximum absolute atomic E-state index is 13.7. The van der Waals surface area contributed by atoms with Crippen LogP contribution in [0.15, 0.2) is 53.6 Å². The van der Waals surface area contributed by atoms with Gasteiger partial charge in [-0.15, -0.1) is 5.10 Å². The van der Waals surface area contributed by atoms with Gasteiger partial charge >= 0.3 is 5.97 Å². The molecule has 0 saturated heterocycles. The Bertz CT molecular complexity index is 1680. The minimum absolute atomic E-state index is 0.0487. The summed E-state index contributed by atoms with van der Waals surface area (Å²) >= 11 is 0. The van der Waals surface area contributed by atoms with Crippen molar-refractivity contribution in [1.82, 2.24) is 24.3 Å². The lowest BCUT2D eigenvalue weighted by Gasteiger charge is -2.24. The number of aryl methyl sites for hydroxylation is 3. The maximum atomic E-state index is 13.7. The molecule has 0 aliphatic carbocycles. The number of benzene rings is 2. The summed E-state index contributed by atoms with van der Waals surface area (Å²) in [6.07, 6.45) is 1.67. The summed E-state index contributed by atoms with van der Waals surface area (Å²) in [6, 6.07) is 12.8. The van der Waals surface area contributed by atoms with Gasteiger partial charge < -0.3 is 9.84 Å². The number of fused-ring (bicyclic) bond motifs is 2. The summed E-state index contributed by atoms with van der Waals surface area (Å²) in [5.41, 5.74) is 5.89. The largest absolute Gasteiger partial charge is 0.481 e. The molecule has 0 radical (unpaired) electrons. The molecule has 3 heterocycles. The molecule has 1 aliphatic rings. The Morgan fingerprint density at radius 3 is 2.70 bits per heavy atom. The molecule has 0 amide bonds. The Kier molecular flexibility index (Phi) is 7.61. The Hall–Kier alpha value is -3.83. The molecule has 0 spiro atoms. The number of carboxylic acids is 1. The number of rotatable bonds is 8. The summed E-state index contributed by atoms with van der Waals surface area (Å²) in [6.45, 7) is 8.80. The molecule has 1 unspecified atom stereocenters. The number of hydrogen-bond acceptors (Lipinski definition) is 7. The summed E-state index contributed by atoms with van der Waals surface area (Å²) in [4.78, 5) is 16.2. The van der Waals surface area contributed by atoms with Crippen molar-refractivity contribution in [2.75, 3.05) is 6.54 Å². The molecule has 2 aromatic carbocycles. The second kappa shape index (κ2) is 11.0. The smallest absolute Gasteiger partial charge is 0.304 e. The van der Waals surface area contributed by atoms with E-state index < -0.39 is 21.9 Å². The van der Waals surface area contributed by atoms with E-state index in [0.717, 1.165) is 38.9 Å². The molecule has 1 aliphatic heterocycles. The zero-order chi connectivity index (χ0) is 28.6. The van der Waals surface area contributed by atoms with Crippen LogP contribution in [0.2, 0.25) is 0 Å². The predicted octanol–water partition coefficient (Wildman–Crippen LogP) is 4.43. The number of ether oxygens (including phenoxy) is 1. The average Bonchev–Trinajstić information content (AvgIpc) is 3.32. The number of nitrogens with zero attached hydrogens (tertiary/aromatic N) is 5. The number of hydrogen-bond donors (Lipinski definition) is 1. The Morgan fingerprint density at radius 1 is 1.18 bits per heavy atom. The van der Waals surface area contributed by atoms with Gasteiger partial charge in [-0.2, -0.15) is 4.31 Å². The van der Waals surface area contributed by atoms with Crippen molar-refractivity contribution in [3.8, 4) is 5.88 Å². The monoisotopic (exact) mass is 563 g/mol. The molecule has 40 heavy (non-hydrogen) atoms. The fourth-order valence-electron chi connectivity index (χ4n) is 5.33. The third-order valence-electron chi connectivity index (χ3n) is 7.65. The quantitative estimate of drug-likeness (QED) is 0.334. The van der Waals surface area contributed by atoms with Crippen LogP contribution in [-0.2, 0) is 27.9 Å². The summed E-state index contributed by atoms with van der Waals surface area (Å²) < 4.78 is 36.6. The molecule has 10 nitrogen and oxygen atoms in total. The lowest BCUT2D eigenvalue weighted by Crippen LogP contribution is -2.36. The second-order valence-electron chi connectivity index (χ2n) is 10.1. The molecular formula is C29H33N5O5S. The van der Waals surface area contributed by atoms with E-state index in [0.29, 0.717) is 13.0 Å². The highest BCUT2D eigenvalue weighted by Gasteiger charge is 2.35. The van der Waals surface area contributed by atoms with Gasteiger partial charge in [-0.1, -0.05) is 36.4 Å². The molecule has 11 heteroatoms. The third kappa shape index (κ3) is 5.06. The van der Waals surface area contributed by atoms with Gasteiger partial charge in [0.05, 0.1) is 18.5 Å². The van der Waals surface area contributed by atoms with E-state index in [1.54, 1.807) is 6.07 Å². The van der Waals surface area contributed by atoms with Crippen LogP contribution in [0.4, 0.5) is 0 Å². The molecule has 0 fully saturated rings. The third-order valence-corrected chi connectivity index (χ3v) is 9.48. The molecule has 4 aromatic rings. The summed E-state index contributed by atoms with van der Waals surface area (Å²) in [5.74, 6) is -1.26. The standard InChI is InChI=1S/C29H33N5O5S/c1-5-22-17-33(40(37,38)26-8-7-13-30-29(26)39-22)16-21-14-20(10-9-18(21)3)24(15-27(35)36)23-11-12-25-28(19(23)4)31-32-34(25)6-2/h7-14,22,24H,5-6,15-17H2,1-4H3,(H,35,36)/t22-,24?/m1/s1. The van der Waals surface area contributed by atoms with E-state index in [-0.39, 0.29) is 36.4 Å². The van der Waals surface area contributed by atoms with Crippen LogP contribution >= 0.6 is 0 Å². The number of carboxylic acid groups (broad SMARTS) is 1. The van der Waals surface area contributed by atoms with Crippen LogP contribution in [0.1, 0.15) is 60.4 Å². The maximum Gasteiger partial charge on any atom is 0.304 e. The van der Waals surface area contributed by atoms with Gasteiger partial charge in [-0.25, -0.2) is 18.1 Å². The van der Waals surface area contributed by atoms with Crippen LogP contribution in [0.3, 0.4) is 0 Å². The Labute approximate surface area is 233 Å². The normalized spacial score (nSPS) is 17.6. The number of carbonyl (C=O) groups is 1. The zero-order valence-corrected chi connectivity index (χ0v) is 23.9. The highest BCUT2D eigenvalue weighted by Crippen LogP contribution is 2.36. The van der Waals surface area contributed by atoms with Crippen LogP contribution in [0.5, 0.6) is 5.88 Å². The minimum Gasteiger partial charge on any atom is -0.481 e. The molecule has 0 bridgehead atoms. The summed E-state index contributed by atoms with van der Waals surface area (Å²) in [7, 11) is -3.88. The fraction of sp³-hybridized carbons (Fsp3) is 0.379.